The summed E-state index contributed by atoms with van der Waals surface area (Å²) in [5.74, 6) is -0.0259. The van der Waals surface area contributed by atoms with Gasteiger partial charge in [-0.25, -0.2) is 0 Å². The van der Waals surface area contributed by atoms with E-state index in [1.807, 2.05) is 0 Å². The summed E-state index contributed by atoms with van der Waals surface area (Å²) in [6.07, 6.45) is 7.15. The van der Waals surface area contributed by atoms with Crippen molar-refractivity contribution in [3.8, 4) is 0 Å². The fourth-order valence-corrected chi connectivity index (χ4v) is 3.70. The van der Waals surface area contributed by atoms with Gasteiger partial charge in [-0.2, -0.15) is 0 Å². The highest BCUT2D eigenvalue weighted by Gasteiger charge is 2.31. The third kappa shape index (κ3) is 6.33. The van der Waals surface area contributed by atoms with Crippen molar-refractivity contribution in [1.29, 1.82) is 0 Å². The summed E-state index contributed by atoms with van der Waals surface area (Å²) < 4.78 is 0. The number of hydrogen-bond donors (Lipinski definition) is 2. The summed E-state index contributed by atoms with van der Waals surface area (Å²) in [6, 6.07) is 3.45. The van der Waals surface area contributed by atoms with Gasteiger partial charge in [0.2, 0.25) is 5.91 Å². The molecule has 2 aliphatic heterocycles. The number of likely N-dealkylation sites (tertiary alicyclic amines) is 1. The van der Waals surface area contributed by atoms with Crippen molar-refractivity contribution >= 4 is 36.6 Å². The number of carbonyl (C=O) groups is 2. The molecule has 0 saturated carbocycles. The van der Waals surface area contributed by atoms with Gasteiger partial charge in [-0.15, -0.1) is 24.8 Å². The molecule has 1 unspecified atom stereocenters. The minimum atomic E-state index is -0.107. The van der Waals surface area contributed by atoms with Crippen LogP contribution in [0, 0.1) is 11.3 Å². The van der Waals surface area contributed by atoms with Crippen LogP contribution in [0.25, 0.3) is 0 Å². The van der Waals surface area contributed by atoms with Gasteiger partial charge in [-0.3, -0.25) is 14.6 Å². The monoisotopic (exact) mass is 416 g/mol. The first-order chi connectivity index (χ1) is 12.1. The fraction of sp³-hybridized carbons (Fsp3) is 0.632. The zero-order chi connectivity index (χ0) is 17.7. The highest BCUT2D eigenvalue weighted by atomic mass is 35.5. The van der Waals surface area contributed by atoms with Gasteiger partial charge >= 0.3 is 0 Å². The molecular weight excluding hydrogens is 387 g/mol. The van der Waals surface area contributed by atoms with Gasteiger partial charge in [0, 0.05) is 37.6 Å². The minimum absolute atomic E-state index is 0. The number of nitrogens with one attached hydrogen (secondary N) is 2. The fourth-order valence-electron chi connectivity index (χ4n) is 3.70. The molecule has 0 bridgehead atoms. The second-order valence-corrected chi connectivity index (χ2v) is 7.60. The third-order valence-electron chi connectivity index (χ3n) is 5.51. The van der Waals surface area contributed by atoms with Crippen molar-refractivity contribution in [2.75, 3.05) is 32.7 Å². The first-order valence-corrected chi connectivity index (χ1v) is 9.25. The molecule has 0 spiro atoms. The van der Waals surface area contributed by atoms with Crippen molar-refractivity contribution < 1.29 is 9.59 Å². The van der Waals surface area contributed by atoms with E-state index in [0.717, 1.165) is 45.3 Å². The molecule has 0 aliphatic carbocycles. The molecule has 2 aliphatic rings. The van der Waals surface area contributed by atoms with E-state index in [0.29, 0.717) is 18.7 Å². The second-order valence-electron chi connectivity index (χ2n) is 7.60. The second kappa shape index (κ2) is 10.8. The highest BCUT2D eigenvalue weighted by molar-refractivity contribution is 5.94. The molecule has 2 N–H and O–H groups in total. The number of pyridine rings is 1. The quantitative estimate of drug-likeness (QED) is 0.789. The van der Waals surface area contributed by atoms with Crippen LogP contribution in [0.4, 0.5) is 0 Å². The van der Waals surface area contributed by atoms with E-state index >= 15 is 0 Å². The smallest absolute Gasteiger partial charge is 0.253 e. The van der Waals surface area contributed by atoms with Gasteiger partial charge in [0.25, 0.3) is 5.91 Å². The average Bonchev–Trinajstić information content (AvgIpc) is 2.67. The molecule has 6 nitrogen and oxygen atoms in total. The van der Waals surface area contributed by atoms with E-state index in [9.17, 15) is 9.59 Å². The molecule has 8 heteroatoms. The normalized spacial score (nSPS) is 21.4. The summed E-state index contributed by atoms with van der Waals surface area (Å²) in [7, 11) is 0. The van der Waals surface area contributed by atoms with Crippen LogP contribution in [0.3, 0.4) is 0 Å². The van der Waals surface area contributed by atoms with Crippen LogP contribution in [-0.2, 0) is 4.79 Å². The van der Waals surface area contributed by atoms with E-state index in [2.05, 4.69) is 22.5 Å². The minimum Gasteiger partial charge on any atom is -0.355 e. The van der Waals surface area contributed by atoms with Crippen LogP contribution in [-0.4, -0.2) is 54.4 Å². The Bertz CT molecular complexity index is 609. The van der Waals surface area contributed by atoms with Gasteiger partial charge in [-0.1, -0.05) is 6.92 Å². The molecule has 0 aromatic carbocycles. The number of rotatable bonds is 4. The van der Waals surface area contributed by atoms with Crippen molar-refractivity contribution in [2.24, 2.45) is 11.3 Å². The highest BCUT2D eigenvalue weighted by Crippen LogP contribution is 2.27. The molecule has 2 fully saturated rings. The zero-order valence-corrected chi connectivity index (χ0v) is 17.4. The predicted octanol–water partition coefficient (Wildman–Crippen LogP) is 2.28. The third-order valence-corrected chi connectivity index (χ3v) is 5.51. The molecule has 3 heterocycles. The summed E-state index contributed by atoms with van der Waals surface area (Å²) in [4.78, 5) is 30.9. The van der Waals surface area contributed by atoms with Gasteiger partial charge in [0.1, 0.15) is 0 Å². The molecule has 152 valence electrons. The van der Waals surface area contributed by atoms with E-state index < -0.39 is 0 Å². The largest absolute Gasteiger partial charge is 0.355 e. The number of piperidine rings is 2. The zero-order valence-electron chi connectivity index (χ0n) is 15.8. The van der Waals surface area contributed by atoms with Crippen LogP contribution < -0.4 is 10.6 Å². The molecule has 1 aromatic heterocycles. The van der Waals surface area contributed by atoms with E-state index in [1.54, 1.807) is 29.4 Å². The Morgan fingerprint density at radius 1 is 1.26 bits per heavy atom. The van der Waals surface area contributed by atoms with Crippen molar-refractivity contribution in [3.05, 3.63) is 30.1 Å². The van der Waals surface area contributed by atoms with Gasteiger partial charge in [0.05, 0.1) is 5.92 Å². The van der Waals surface area contributed by atoms with Crippen molar-refractivity contribution in [1.82, 2.24) is 20.5 Å². The average molecular weight is 417 g/mol. The Morgan fingerprint density at radius 3 is 2.59 bits per heavy atom. The van der Waals surface area contributed by atoms with Crippen LogP contribution in [0.15, 0.2) is 24.5 Å². The molecule has 3 rings (SSSR count). The number of nitrogens with zero attached hydrogens (tertiary/aromatic N) is 2. The van der Waals surface area contributed by atoms with Crippen LogP contribution in [0.5, 0.6) is 0 Å². The van der Waals surface area contributed by atoms with Crippen molar-refractivity contribution in [3.63, 3.8) is 0 Å². The Hall–Kier alpha value is -1.37. The number of aromatic nitrogens is 1. The summed E-state index contributed by atoms with van der Waals surface area (Å²) in [5, 5.41) is 6.51. The Morgan fingerprint density at radius 2 is 1.93 bits per heavy atom. The van der Waals surface area contributed by atoms with E-state index in [1.165, 1.54) is 0 Å². The topological polar surface area (TPSA) is 74.3 Å². The molecule has 2 saturated heterocycles. The Labute approximate surface area is 173 Å². The van der Waals surface area contributed by atoms with Crippen LogP contribution in [0.1, 0.15) is 43.0 Å². The van der Waals surface area contributed by atoms with Crippen molar-refractivity contribution in [2.45, 2.75) is 32.6 Å². The predicted molar refractivity (Wildman–Crippen MR) is 111 cm³/mol. The van der Waals surface area contributed by atoms with Gasteiger partial charge in [-0.05, 0) is 56.3 Å². The maximum Gasteiger partial charge on any atom is 0.253 e. The molecular formula is C19H30Cl2N4O2. The molecule has 2 amide bonds. The van der Waals surface area contributed by atoms with E-state index in [-0.39, 0.29) is 48.0 Å². The lowest BCUT2D eigenvalue weighted by Gasteiger charge is -2.36. The molecule has 1 atom stereocenters. The number of halogens is 2. The number of amides is 2. The van der Waals surface area contributed by atoms with Gasteiger partial charge < -0.3 is 15.5 Å². The standard InChI is InChI=1S/C19H28N4O2.2ClH/c1-19(6-10-21-11-7-19)14-22-17(24)16-3-2-12-23(13-16)18(25)15-4-8-20-9-5-15;;/h4-5,8-9,16,21H,2-3,6-7,10-14H2,1H3,(H,22,24);2*1H. The van der Waals surface area contributed by atoms with Crippen LogP contribution >= 0.6 is 24.8 Å². The molecule has 27 heavy (non-hydrogen) atoms. The molecule has 1 aromatic rings. The maximum atomic E-state index is 12.6. The van der Waals surface area contributed by atoms with Crippen LogP contribution in [0.2, 0.25) is 0 Å². The first-order valence-electron chi connectivity index (χ1n) is 9.25. The van der Waals surface area contributed by atoms with E-state index in [4.69, 9.17) is 0 Å². The number of carbonyl (C=O) groups excluding carboxylic acids is 2. The summed E-state index contributed by atoms with van der Waals surface area (Å²) in [5.41, 5.74) is 0.820. The summed E-state index contributed by atoms with van der Waals surface area (Å²) in [6.45, 7) is 6.23. The maximum absolute atomic E-state index is 12.6. The Kier molecular flexibility index (Phi) is 9.50. The Balaban J connectivity index is 0.00000182. The number of hydrogen-bond acceptors (Lipinski definition) is 4. The lowest BCUT2D eigenvalue weighted by atomic mass is 9.81. The first kappa shape index (κ1) is 23.7. The SMILES string of the molecule is CC1(CNC(=O)C2CCCN(C(=O)c3ccncc3)C2)CCNCC1.Cl.Cl. The molecule has 0 radical (unpaired) electrons. The lowest BCUT2D eigenvalue weighted by molar-refractivity contribution is -0.126. The summed E-state index contributed by atoms with van der Waals surface area (Å²) >= 11 is 0. The lowest BCUT2D eigenvalue weighted by Crippen LogP contribution is -2.48. The van der Waals surface area contributed by atoms with Gasteiger partial charge in [0.15, 0.2) is 0 Å².